The minimum Gasteiger partial charge on any atom is -0.386 e. The van der Waals surface area contributed by atoms with Gasteiger partial charge in [-0.1, -0.05) is 30.3 Å². The minimum atomic E-state index is -0.687. The van der Waals surface area contributed by atoms with Crippen molar-refractivity contribution in [3.8, 4) is 0 Å². The highest BCUT2D eigenvalue weighted by Gasteiger charge is 2.12. The van der Waals surface area contributed by atoms with Crippen LogP contribution in [-0.4, -0.2) is 20.1 Å². The van der Waals surface area contributed by atoms with E-state index in [9.17, 15) is 5.11 Å². The zero-order chi connectivity index (χ0) is 15.6. The van der Waals surface area contributed by atoms with Gasteiger partial charge < -0.3 is 5.11 Å². The Balaban J connectivity index is 1.77. The summed E-state index contributed by atoms with van der Waals surface area (Å²) in [7, 11) is 0. The molecular formula is C19H15N3O. The van der Waals surface area contributed by atoms with Crippen LogP contribution in [-0.2, 0) is 6.42 Å². The maximum Gasteiger partial charge on any atom is 0.101 e. The van der Waals surface area contributed by atoms with Crippen molar-refractivity contribution in [1.29, 1.82) is 0 Å². The molecule has 0 aliphatic rings. The Morgan fingerprint density at radius 3 is 2.39 bits per heavy atom. The number of hydrogen-bond donors (Lipinski definition) is 1. The van der Waals surface area contributed by atoms with Crippen LogP contribution >= 0.6 is 0 Å². The molecule has 0 spiro atoms. The third-order valence-electron chi connectivity index (χ3n) is 3.92. The normalized spacial score (nSPS) is 12.6. The summed E-state index contributed by atoms with van der Waals surface area (Å²) in [6, 6.07) is 17.5. The van der Waals surface area contributed by atoms with E-state index in [-0.39, 0.29) is 0 Å². The fourth-order valence-corrected chi connectivity index (χ4v) is 2.75. The average Bonchev–Trinajstić information content (AvgIpc) is 2.62. The molecule has 0 saturated heterocycles. The first-order valence-electron chi connectivity index (χ1n) is 7.53. The summed E-state index contributed by atoms with van der Waals surface area (Å²) >= 11 is 0. The van der Waals surface area contributed by atoms with Gasteiger partial charge in [-0.15, -0.1) is 0 Å². The summed E-state index contributed by atoms with van der Waals surface area (Å²) in [5.74, 6) is 0. The molecule has 23 heavy (non-hydrogen) atoms. The lowest BCUT2D eigenvalue weighted by Gasteiger charge is -2.11. The lowest BCUT2D eigenvalue weighted by atomic mass is 10.1. The molecule has 0 amide bonds. The number of pyridine rings is 3. The average molecular weight is 301 g/mol. The third kappa shape index (κ3) is 2.64. The van der Waals surface area contributed by atoms with Crippen LogP contribution in [0.1, 0.15) is 17.5 Å². The van der Waals surface area contributed by atoms with Crippen molar-refractivity contribution in [3.63, 3.8) is 0 Å². The molecule has 1 N–H and O–H groups in total. The quantitative estimate of drug-likeness (QED) is 0.589. The number of rotatable bonds is 3. The molecule has 3 aromatic heterocycles. The summed E-state index contributed by atoms with van der Waals surface area (Å²) in [5.41, 5.74) is 3.16. The van der Waals surface area contributed by atoms with Crippen LogP contribution in [0.15, 0.2) is 67.0 Å². The van der Waals surface area contributed by atoms with Crippen molar-refractivity contribution in [3.05, 3.63) is 78.4 Å². The monoisotopic (exact) mass is 301 g/mol. The second-order valence-electron chi connectivity index (χ2n) is 5.49. The van der Waals surface area contributed by atoms with Gasteiger partial charge in [0.05, 0.1) is 16.7 Å². The Morgan fingerprint density at radius 1 is 0.783 bits per heavy atom. The number of benzene rings is 1. The first-order chi connectivity index (χ1) is 11.3. The van der Waals surface area contributed by atoms with Gasteiger partial charge in [-0.3, -0.25) is 9.97 Å². The molecule has 4 aromatic rings. The number of fused-ring (bicyclic) bond motifs is 3. The number of hydrogen-bond acceptors (Lipinski definition) is 4. The lowest BCUT2D eigenvalue weighted by molar-refractivity contribution is 0.173. The van der Waals surface area contributed by atoms with E-state index in [1.807, 2.05) is 54.6 Å². The summed E-state index contributed by atoms with van der Waals surface area (Å²) in [6.45, 7) is 0. The Bertz CT molecular complexity index is 970. The highest BCUT2D eigenvalue weighted by molar-refractivity contribution is 6.02. The van der Waals surface area contributed by atoms with E-state index in [4.69, 9.17) is 0 Å². The van der Waals surface area contributed by atoms with Crippen LogP contribution in [0.25, 0.3) is 21.8 Å². The molecule has 0 radical (unpaired) electrons. The second kappa shape index (κ2) is 5.74. The molecule has 4 heteroatoms. The molecule has 1 unspecified atom stereocenters. The molecule has 4 rings (SSSR count). The molecule has 112 valence electrons. The fourth-order valence-electron chi connectivity index (χ4n) is 2.75. The van der Waals surface area contributed by atoms with Gasteiger partial charge in [0.1, 0.15) is 6.10 Å². The van der Waals surface area contributed by atoms with Crippen molar-refractivity contribution < 1.29 is 5.11 Å². The SMILES string of the molecule is OC(Cc1ccccn1)c1ccc2ccc3cccnc3c2n1. The van der Waals surface area contributed by atoms with Crippen molar-refractivity contribution in [2.24, 2.45) is 0 Å². The third-order valence-corrected chi connectivity index (χ3v) is 3.92. The molecular weight excluding hydrogens is 286 g/mol. The van der Waals surface area contributed by atoms with Gasteiger partial charge in [0.25, 0.3) is 0 Å². The Kier molecular flexibility index (Phi) is 3.44. The van der Waals surface area contributed by atoms with E-state index in [0.717, 1.165) is 27.5 Å². The van der Waals surface area contributed by atoms with Crippen LogP contribution in [0.4, 0.5) is 0 Å². The molecule has 0 bridgehead atoms. The van der Waals surface area contributed by atoms with Crippen LogP contribution < -0.4 is 0 Å². The summed E-state index contributed by atoms with van der Waals surface area (Å²) in [4.78, 5) is 13.4. The van der Waals surface area contributed by atoms with Crippen LogP contribution in [0.2, 0.25) is 0 Å². The second-order valence-corrected chi connectivity index (χ2v) is 5.49. The standard InChI is InChI=1S/C19H15N3O/c23-17(12-15-5-1-2-10-20-15)16-9-8-14-7-6-13-4-3-11-21-18(13)19(14)22-16/h1-11,17,23H,12H2. The number of aromatic nitrogens is 3. The largest absolute Gasteiger partial charge is 0.386 e. The Morgan fingerprint density at radius 2 is 1.57 bits per heavy atom. The molecule has 1 atom stereocenters. The summed E-state index contributed by atoms with van der Waals surface area (Å²) in [6.07, 6.45) is 3.25. The molecule has 3 heterocycles. The van der Waals surface area contributed by atoms with Gasteiger partial charge in [0, 0.05) is 35.3 Å². The molecule has 0 aliphatic heterocycles. The highest BCUT2D eigenvalue weighted by Crippen LogP contribution is 2.24. The zero-order valence-corrected chi connectivity index (χ0v) is 12.4. The first-order valence-corrected chi connectivity index (χ1v) is 7.53. The predicted octanol–water partition coefficient (Wildman–Crippen LogP) is 3.45. The maximum absolute atomic E-state index is 10.5. The maximum atomic E-state index is 10.5. The molecule has 0 aliphatic carbocycles. The first kappa shape index (κ1) is 13.8. The van der Waals surface area contributed by atoms with Crippen LogP contribution in [0.3, 0.4) is 0 Å². The van der Waals surface area contributed by atoms with Crippen LogP contribution in [0, 0.1) is 0 Å². The topological polar surface area (TPSA) is 58.9 Å². The van der Waals surface area contributed by atoms with E-state index in [0.29, 0.717) is 12.1 Å². The lowest BCUT2D eigenvalue weighted by Crippen LogP contribution is -2.05. The summed E-state index contributed by atoms with van der Waals surface area (Å²) < 4.78 is 0. The minimum absolute atomic E-state index is 0.442. The Hall–Kier alpha value is -2.85. The number of aliphatic hydroxyl groups is 1. The fraction of sp³-hybridized carbons (Fsp3) is 0.105. The van der Waals surface area contributed by atoms with E-state index in [1.54, 1.807) is 12.4 Å². The number of aliphatic hydroxyl groups excluding tert-OH is 1. The predicted molar refractivity (Wildman–Crippen MR) is 89.9 cm³/mol. The Labute approximate surface area is 133 Å². The van der Waals surface area contributed by atoms with Crippen LogP contribution in [0.5, 0.6) is 0 Å². The van der Waals surface area contributed by atoms with Gasteiger partial charge in [0.15, 0.2) is 0 Å². The molecule has 0 saturated carbocycles. The van der Waals surface area contributed by atoms with Crippen molar-refractivity contribution in [1.82, 2.24) is 15.0 Å². The van der Waals surface area contributed by atoms with Crippen molar-refractivity contribution >= 4 is 21.8 Å². The molecule has 1 aromatic carbocycles. The highest BCUT2D eigenvalue weighted by atomic mass is 16.3. The van der Waals surface area contributed by atoms with Gasteiger partial charge in [0.2, 0.25) is 0 Å². The smallest absolute Gasteiger partial charge is 0.101 e. The van der Waals surface area contributed by atoms with Crippen molar-refractivity contribution in [2.75, 3.05) is 0 Å². The van der Waals surface area contributed by atoms with E-state index in [1.165, 1.54) is 0 Å². The van der Waals surface area contributed by atoms with Gasteiger partial charge in [-0.2, -0.15) is 0 Å². The van der Waals surface area contributed by atoms with Gasteiger partial charge >= 0.3 is 0 Å². The van der Waals surface area contributed by atoms with E-state index in [2.05, 4.69) is 15.0 Å². The van der Waals surface area contributed by atoms with Gasteiger partial charge in [-0.05, 0) is 24.3 Å². The van der Waals surface area contributed by atoms with E-state index < -0.39 is 6.10 Å². The number of nitrogens with zero attached hydrogens (tertiary/aromatic N) is 3. The van der Waals surface area contributed by atoms with E-state index >= 15 is 0 Å². The molecule has 0 fully saturated rings. The summed E-state index contributed by atoms with van der Waals surface area (Å²) in [5, 5.41) is 12.5. The molecule has 4 nitrogen and oxygen atoms in total. The zero-order valence-electron chi connectivity index (χ0n) is 12.4. The van der Waals surface area contributed by atoms with Gasteiger partial charge in [-0.25, -0.2) is 4.98 Å². The van der Waals surface area contributed by atoms with Crippen molar-refractivity contribution in [2.45, 2.75) is 12.5 Å².